The Balaban J connectivity index is -0.000000180. The summed E-state index contributed by atoms with van der Waals surface area (Å²) in [7, 11) is 0. The Kier molecular flexibility index (Phi) is 10.7. The van der Waals surface area contributed by atoms with Gasteiger partial charge in [0.25, 0.3) is 0 Å². The van der Waals surface area contributed by atoms with Gasteiger partial charge in [0.05, 0.1) is 0 Å². The molecule has 0 aromatic rings. The summed E-state index contributed by atoms with van der Waals surface area (Å²) in [6.45, 7) is 4.29. The van der Waals surface area contributed by atoms with Crippen molar-refractivity contribution >= 4 is 0 Å². The molecule has 2 heteroatoms. The Morgan fingerprint density at radius 1 is 1.50 bits per heavy atom. The van der Waals surface area contributed by atoms with Crippen molar-refractivity contribution in [2.75, 3.05) is 0 Å². The van der Waals surface area contributed by atoms with Crippen molar-refractivity contribution < 1.29 is 20.3 Å². The SMILES string of the molecule is CCCC(N)CC.[H-].[Li+]. The molecule has 0 rings (SSSR count). The van der Waals surface area contributed by atoms with Crippen LogP contribution in [-0.4, -0.2) is 6.04 Å². The van der Waals surface area contributed by atoms with Gasteiger partial charge in [-0.2, -0.15) is 0 Å². The van der Waals surface area contributed by atoms with E-state index in [1.807, 2.05) is 0 Å². The summed E-state index contributed by atoms with van der Waals surface area (Å²) >= 11 is 0. The minimum absolute atomic E-state index is 0. The van der Waals surface area contributed by atoms with Crippen LogP contribution in [0.15, 0.2) is 0 Å². The second-order valence-corrected chi connectivity index (χ2v) is 1.96. The molecule has 46 valence electrons. The Hall–Kier alpha value is 0.557. The third kappa shape index (κ3) is 6.56. The molecule has 0 aliphatic carbocycles. The molecule has 0 bridgehead atoms. The van der Waals surface area contributed by atoms with Gasteiger partial charge in [0, 0.05) is 6.04 Å². The fourth-order valence-electron chi connectivity index (χ4n) is 0.575. The van der Waals surface area contributed by atoms with E-state index in [2.05, 4.69) is 13.8 Å². The van der Waals surface area contributed by atoms with Crippen LogP contribution in [-0.2, 0) is 0 Å². The molecule has 1 nitrogen and oxygen atoms in total. The summed E-state index contributed by atoms with van der Waals surface area (Å²) in [5, 5.41) is 0. The largest absolute Gasteiger partial charge is 1.00 e. The van der Waals surface area contributed by atoms with Gasteiger partial charge in [-0.25, -0.2) is 0 Å². The maximum Gasteiger partial charge on any atom is 1.00 e. The van der Waals surface area contributed by atoms with E-state index < -0.39 is 0 Å². The first-order chi connectivity index (χ1) is 3.31. The molecule has 0 spiro atoms. The topological polar surface area (TPSA) is 26.0 Å². The van der Waals surface area contributed by atoms with E-state index in [1.54, 1.807) is 0 Å². The van der Waals surface area contributed by atoms with Gasteiger partial charge in [-0.3, -0.25) is 0 Å². The third-order valence-corrected chi connectivity index (χ3v) is 1.18. The molecule has 0 aromatic carbocycles. The molecule has 0 fully saturated rings. The van der Waals surface area contributed by atoms with Crippen molar-refractivity contribution in [1.82, 2.24) is 0 Å². The molecular weight excluding hydrogens is 93.0 g/mol. The smallest absolute Gasteiger partial charge is 1.00 e. The van der Waals surface area contributed by atoms with E-state index in [0.29, 0.717) is 6.04 Å². The molecule has 1 unspecified atom stereocenters. The minimum atomic E-state index is 0. The van der Waals surface area contributed by atoms with Crippen molar-refractivity contribution in [1.29, 1.82) is 0 Å². The Morgan fingerprint density at radius 2 is 2.00 bits per heavy atom. The van der Waals surface area contributed by atoms with E-state index in [9.17, 15) is 0 Å². The van der Waals surface area contributed by atoms with Gasteiger partial charge < -0.3 is 7.16 Å². The zero-order valence-corrected chi connectivity index (χ0v) is 6.28. The molecule has 0 heterocycles. The Morgan fingerprint density at radius 3 is 2.12 bits per heavy atom. The standard InChI is InChI=1S/C6H15N.Li.H/c1-3-5-6(7)4-2;;/h6H,3-5,7H2,1-2H3;;/q;+1;-1. The molecule has 0 aliphatic rings. The molecule has 1 atom stereocenters. The van der Waals surface area contributed by atoms with Gasteiger partial charge in [-0.05, 0) is 12.8 Å². The molecule has 0 radical (unpaired) electrons. The van der Waals surface area contributed by atoms with Gasteiger partial charge in [0.1, 0.15) is 0 Å². The molecule has 0 amide bonds. The van der Waals surface area contributed by atoms with E-state index in [1.165, 1.54) is 12.8 Å². The summed E-state index contributed by atoms with van der Waals surface area (Å²) in [5.41, 5.74) is 5.58. The van der Waals surface area contributed by atoms with Crippen LogP contribution in [0.1, 0.15) is 34.5 Å². The molecule has 0 saturated carbocycles. The fraction of sp³-hybridized carbons (Fsp3) is 1.00. The van der Waals surface area contributed by atoms with E-state index in [4.69, 9.17) is 5.73 Å². The van der Waals surface area contributed by atoms with E-state index >= 15 is 0 Å². The first-order valence-corrected chi connectivity index (χ1v) is 3.06. The number of rotatable bonds is 3. The molecule has 0 aliphatic heterocycles. The summed E-state index contributed by atoms with van der Waals surface area (Å²) < 4.78 is 0. The fourth-order valence-corrected chi connectivity index (χ4v) is 0.575. The Bertz CT molecular complexity index is 44.0. The van der Waals surface area contributed by atoms with Crippen LogP contribution < -0.4 is 24.6 Å². The van der Waals surface area contributed by atoms with Gasteiger partial charge >= 0.3 is 18.9 Å². The van der Waals surface area contributed by atoms with Crippen LogP contribution in [0.25, 0.3) is 0 Å². The molecule has 0 saturated heterocycles. The first-order valence-electron chi connectivity index (χ1n) is 3.06. The van der Waals surface area contributed by atoms with Crippen molar-refractivity contribution in [3.05, 3.63) is 0 Å². The zero-order chi connectivity index (χ0) is 5.70. The monoisotopic (exact) mass is 109 g/mol. The zero-order valence-electron chi connectivity index (χ0n) is 7.28. The van der Waals surface area contributed by atoms with Gasteiger partial charge in [0.2, 0.25) is 0 Å². The number of hydrogen-bond donors (Lipinski definition) is 1. The van der Waals surface area contributed by atoms with Crippen LogP contribution in [0.2, 0.25) is 0 Å². The summed E-state index contributed by atoms with van der Waals surface area (Å²) in [6, 6.07) is 0.449. The van der Waals surface area contributed by atoms with Gasteiger partial charge in [-0.15, -0.1) is 0 Å². The average molecular weight is 109 g/mol. The van der Waals surface area contributed by atoms with Crippen molar-refractivity contribution in [3.8, 4) is 0 Å². The predicted molar refractivity (Wildman–Crippen MR) is 34.3 cm³/mol. The first kappa shape index (κ1) is 11.4. The van der Waals surface area contributed by atoms with E-state index in [0.717, 1.165) is 6.42 Å². The summed E-state index contributed by atoms with van der Waals surface area (Å²) in [6.07, 6.45) is 3.51. The quantitative estimate of drug-likeness (QED) is 0.445. The van der Waals surface area contributed by atoms with Crippen LogP contribution in [0, 0.1) is 0 Å². The minimum Gasteiger partial charge on any atom is -1.00 e. The molecule has 8 heavy (non-hydrogen) atoms. The van der Waals surface area contributed by atoms with Crippen LogP contribution in [0.4, 0.5) is 0 Å². The number of hydrogen-bond acceptors (Lipinski definition) is 1. The maximum atomic E-state index is 5.58. The van der Waals surface area contributed by atoms with Gasteiger partial charge in [0.15, 0.2) is 0 Å². The predicted octanol–water partition coefficient (Wildman–Crippen LogP) is -1.36. The maximum absolute atomic E-state index is 5.58. The second-order valence-electron chi connectivity index (χ2n) is 1.96. The van der Waals surface area contributed by atoms with Crippen LogP contribution in [0.3, 0.4) is 0 Å². The molecule has 0 aromatic heterocycles. The van der Waals surface area contributed by atoms with Crippen molar-refractivity contribution in [3.63, 3.8) is 0 Å². The van der Waals surface area contributed by atoms with E-state index in [-0.39, 0.29) is 20.3 Å². The number of nitrogens with two attached hydrogens (primary N) is 1. The van der Waals surface area contributed by atoms with Gasteiger partial charge in [-0.1, -0.05) is 20.3 Å². The molecule has 2 N–H and O–H groups in total. The third-order valence-electron chi connectivity index (χ3n) is 1.18. The average Bonchev–Trinajstić information content (AvgIpc) is 1.68. The molecular formula is C6H16LiN. The van der Waals surface area contributed by atoms with Crippen molar-refractivity contribution in [2.45, 2.75) is 39.2 Å². The summed E-state index contributed by atoms with van der Waals surface area (Å²) in [4.78, 5) is 0. The summed E-state index contributed by atoms with van der Waals surface area (Å²) in [5.74, 6) is 0. The van der Waals surface area contributed by atoms with Crippen molar-refractivity contribution in [2.24, 2.45) is 5.73 Å². The normalized spacial score (nSPS) is 12.4. The van der Waals surface area contributed by atoms with Crippen LogP contribution in [0.5, 0.6) is 0 Å². The second kappa shape index (κ2) is 7.56. The Labute approximate surface area is 65.7 Å². The van der Waals surface area contributed by atoms with Crippen LogP contribution >= 0.6 is 0 Å².